The molecular weight excluding hydrogens is 306 g/mol. The molecule has 1 aliphatic heterocycles. The maximum atomic E-state index is 12.3. The number of rotatable bonds is 8. The molecule has 0 spiro atoms. The van der Waals surface area contributed by atoms with Gasteiger partial charge in [-0.1, -0.05) is 24.9 Å². The lowest BCUT2D eigenvalue weighted by Gasteiger charge is -2.14. The highest BCUT2D eigenvalue weighted by Crippen LogP contribution is 2.33. The molecule has 5 nitrogen and oxygen atoms in total. The molecule has 1 heterocycles. The lowest BCUT2D eigenvalue weighted by Crippen LogP contribution is -2.24. The van der Waals surface area contributed by atoms with Gasteiger partial charge in [-0.3, -0.25) is 9.59 Å². The minimum atomic E-state index is -0.846. The molecule has 0 aromatic heterocycles. The van der Waals surface area contributed by atoms with Crippen LogP contribution in [0.2, 0.25) is 5.02 Å². The molecule has 1 N–H and O–H groups in total. The van der Waals surface area contributed by atoms with Gasteiger partial charge in [-0.15, -0.1) is 0 Å². The highest BCUT2D eigenvalue weighted by molar-refractivity contribution is 6.32. The van der Waals surface area contributed by atoms with Crippen molar-refractivity contribution in [3.63, 3.8) is 0 Å². The Hall–Kier alpha value is -1.75. The van der Waals surface area contributed by atoms with Gasteiger partial charge in [-0.2, -0.15) is 0 Å². The van der Waals surface area contributed by atoms with Crippen LogP contribution in [0.15, 0.2) is 12.1 Å². The van der Waals surface area contributed by atoms with Crippen LogP contribution in [-0.2, 0) is 11.3 Å². The Balaban J connectivity index is 2.02. The Labute approximate surface area is 134 Å². The molecule has 0 atom stereocenters. The standard InChI is InChI=1S/C16H20ClNO4/c1-2-3-6-18-10-11-8-14(22-7-4-5-15(19)20)13(17)9-12(11)16(18)21/h8-9H,2-7,10H2,1H3,(H,19,20). The number of carboxylic acid groups (broad SMARTS) is 1. The van der Waals surface area contributed by atoms with E-state index in [-0.39, 0.29) is 18.9 Å². The second-order valence-corrected chi connectivity index (χ2v) is 5.77. The van der Waals surface area contributed by atoms with Gasteiger partial charge in [0, 0.05) is 25.1 Å². The fraction of sp³-hybridized carbons (Fsp3) is 0.500. The Morgan fingerprint density at radius 2 is 2.18 bits per heavy atom. The van der Waals surface area contributed by atoms with Gasteiger partial charge in [-0.05, 0) is 30.5 Å². The lowest BCUT2D eigenvalue weighted by atomic mass is 10.1. The van der Waals surface area contributed by atoms with Crippen LogP contribution in [-0.4, -0.2) is 35.0 Å². The van der Waals surface area contributed by atoms with Gasteiger partial charge in [0.05, 0.1) is 11.6 Å². The molecule has 22 heavy (non-hydrogen) atoms. The summed E-state index contributed by atoms with van der Waals surface area (Å²) in [6.45, 7) is 3.71. The largest absolute Gasteiger partial charge is 0.492 e. The van der Waals surface area contributed by atoms with Crippen LogP contribution in [0, 0.1) is 0 Å². The molecule has 0 saturated heterocycles. The zero-order valence-corrected chi connectivity index (χ0v) is 13.4. The number of hydrogen-bond donors (Lipinski definition) is 1. The molecule has 1 aromatic rings. The normalized spacial score (nSPS) is 13.4. The van der Waals surface area contributed by atoms with E-state index >= 15 is 0 Å². The van der Waals surface area contributed by atoms with Crippen molar-refractivity contribution in [1.82, 2.24) is 4.90 Å². The molecule has 6 heteroatoms. The summed E-state index contributed by atoms with van der Waals surface area (Å²) in [6.07, 6.45) is 2.50. The zero-order valence-electron chi connectivity index (χ0n) is 12.6. The quantitative estimate of drug-likeness (QED) is 0.744. The molecule has 1 aromatic carbocycles. The highest BCUT2D eigenvalue weighted by atomic mass is 35.5. The van der Waals surface area contributed by atoms with Crippen molar-refractivity contribution in [2.45, 2.75) is 39.2 Å². The van der Waals surface area contributed by atoms with E-state index in [1.54, 1.807) is 12.1 Å². The number of carbonyl (C=O) groups is 2. The van der Waals surface area contributed by atoms with E-state index in [2.05, 4.69) is 6.92 Å². The molecule has 0 aliphatic carbocycles. The van der Waals surface area contributed by atoms with Gasteiger partial charge in [-0.25, -0.2) is 0 Å². The van der Waals surface area contributed by atoms with Crippen LogP contribution in [0.1, 0.15) is 48.5 Å². The first-order chi connectivity index (χ1) is 10.5. The molecule has 0 bridgehead atoms. The van der Waals surface area contributed by atoms with Crippen molar-refractivity contribution < 1.29 is 19.4 Å². The van der Waals surface area contributed by atoms with Gasteiger partial charge in [0.2, 0.25) is 0 Å². The summed E-state index contributed by atoms with van der Waals surface area (Å²) >= 11 is 6.15. The second kappa shape index (κ2) is 7.49. The number of aliphatic carboxylic acids is 1. The molecule has 1 aliphatic rings. The van der Waals surface area contributed by atoms with E-state index in [0.717, 1.165) is 24.9 Å². The summed E-state index contributed by atoms with van der Waals surface area (Å²) in [5.41, 5.74) is 1.55. The number of nitrogens with zero attached hydrogens (tertiary/aromatic N) is 1. The Morgan fingerprint density at radius 1 is 1.41 bits per heavy atom. The van der Waals surface area contributed by atoms with E-state index in [4.69, 9.17) is 21.4 Å². The first kappa shape index (κ1) is 16.6. The van der Waals surface area contributed by atoms with E-state index in [9.17, 15) is 9.59 Å². The number of fused-ring (bicyclic) bond motifs is 1. The number of amides is 1. The summed E-state index contributed by atoms with van der Waals surface area (Å²) in [5, 5.41) is 8.99. The van der Waals surface area contributed by atoms with Crippen LogP contribution >= 0.6 is 11.6 Å². The summed E-state index contributed by atoms with van der Waals surface area (Å²) in [7, 11) is 0. The van der Waals surface area contributed by atoms with Crippen LogP contribution < -0.4 is 4.74 Å². The lowest BCUT2D eigenvalue weighted by molar-refractivity contribution is -0.137. The van der Waals surface area contributed by atoms with Crippen molar-refractivity contribution >= 4 is 23.5 Å². The smallest absolute Gasteiger partial charge is 0.303 e. The van der Waals surface area contributed by atoms with Crippen molar-refractivity contribution in [2.24, 2.45) is 0 Å². The number of carbonyl (C=O) groups excluding carboxylic acids is 1. The van der Waals surface area contributed by atoms with Gasteiger partial charge in [0.1, 0.15) is 5.75 Å². The average molecular weight is 326 g/mol. The molecule has 0 unspecified atom stereocenters. The SMILES string of the molecule is CCCCN1Cc2cc(OCCCC(=O)O)c(Cl)cc2C1=O. The third kappa shape index (κ3) is 3.91. The molecule has 0 radical (unpaired) electrons. The first-order valence-electron chi connectivity index (χ1n) is 7.49. The zero-order chi connectivity index (χ0) is 16.1. The molecular formula is C16H20ClNO4. The molecule has 0 saturated carbocycles. The predicted octanol–water partition coefficient (Wildman–Crippen LogP) is 3.34. The van der Waals surface area contributed by atoms with Crippen LogP contribution in [0.25, 0.3) is 0 Å². The Bertz CT molecular complexity index is 574. The topological polar surface area (TPSA) is 66.8 Å². The first-order valence-corrected chi connectivity index (χ1v) is 7.87. The van der Waals surface area contributed by atoms with E-state index in [1.165, 1.54) is 0 Å². The maximum Gasteiger partial charge on any atom is 0.303 e. The maximum absolute atomic E-state index is 12.3. The fourth-order valence-corrected chi connectivity index (χ4v) is 2.64. The van der Waals surface area contributed by atoms with Crippen molar-refractivity contribution in [3.05, 3.63) is 28.3 Å². The Morgan fingerprint density at radius 3 is 2.86 bits per heavy atom. The summed E-state index contributed by atoms with van der Waals surface area (Å²) in [4.78, 5) is 24.5. The third-order valence-corrected chi connectivity index (χ3v) is 3.91. The number of benzene rings is 1. The molecule has 1 amide bonds. The predicted molar refractivity (Wildman–Crippen MR) is 83.5 cm³/mol. The molecule has 2 rings (SSSR count). The fourth-order valence-electron chi connectivity index (χ4n) is 2.42. The molecule has 120 valence electrons. The number of unbranched alkanes of at least 4 members (excludes halogenated alkanes) is 1. The van der Waals surface area contributed by atoms with Gasteiger partial charge < -0.3 is 14.7 Å². The van der Waals surface area contributed by atoms with Crippen LogP contribution in [0.5, 0.6) is 5.75 Å². The number of carboxylic acids is 1. The minimum absolute atomic E-state index is 0.0165. The number of halogens is 1. The van der Waals surface area contributed by atoms with Crippen LogP contribution in [0.4, 0.5) is 0 Å². The van der Waals surface area contributed by atoms with Gasteiger partial charge in [0.25, 0.3) is 5.91 Å². The van der Waals surface area contributed by atoms with Gasteiger partial charge >= 0.3 is 5.97 Å². The third-order valence-electron chi connectivity index (χ3n) is 3.61. The van der Waals surface area contributed by atoms with Crippen molar-refractivity contribution in [1.29, 1.82) is 0 Å². The van der Waals surface area contributed by atoms with Gasteiger partial charge in [0.15, 0.2) is 0 Å². The van der Waals surface area contributed by atoms with E-state index in [1.807, 2.05) is 4.90 Å². The van der Waals surface area contributed by atoms with E-state index < -0.39 is 5.97 Å². The number of hydrogen-bond acceptors (Lipinski definition) is 3. The highest BCUT2D eigenvalue weighted by Gasteiger charge is 2.28. The van der Waals surface area contributed by atoms with E-state index in [0.29, 0.717) is 29.3 Å². The Kier molecular flexibility index (Phi) is 5.66. The average Bonchev–Trinajstić information content (AvgIpc) is 2.77. The summed E-state index contributed by atoms with van der Waals surface area (Å²) < 4.78 is 5.54. The van der Waals surface area contributed by atoms with Crippen LogP contribution in [0.3, 0.4) is 0 Å². The summed E-state index contributed by atoms with van der Waals surface area (Å²) in [5.74, 6) is -0.320. The van der Waals surface area contributed by atoms with Crippen molar-refractivity contribution in [2.75, 3.05) is 13.2 Å². The summed E-state index contributed by atoms with van der Waals surface area (Å²) in [6, 6.07) is 3.44. The second-order valence-electron chi connectivity index (χ2n) is 5.37. The molecule has 0 fully saturated rings. The number of ether oxygens (including phenoxy) is 1. The monoisotopic (exact) mass is 325 g/mol. The minimum Gasteiger partial charge on any atom is -0.492 e. The van der Waals surface area contributed by atoms with Crippen molar-refractivity contribution in [3.8, 4) is 5.75 Å².